The first-order valence-electron chi connectivity index (χ1n) is 14.8. The Morgan fingerprint density at radius 1 is 1.16 bits per heavy atom. The quantitative estimate of drug-likeness (QED) is 0.118. The van der Waals surface area contributed by atoms with Crippen LogP contribution in [0.25, 0.3) is 10.9 Å². The summed E-state index contributed by atoms with van der Waals surface area (Å²) in [5, 5.41) is 6.24. The van der Waals surface area contributed by atoms with E-state index < -0.39 is 0 Å². The molecule has 2 N–H and O–H groups in total. The largest absolute Gasteiger partial charge is 0.487 e. The molecule has 3 aromatic rings. The first-order valence-corrected chi connectivity index (χ1v) is 14.8. The Bertz CT molecular complexity index is 1500. The molecule has 234 valence electrons. The normalized spacial score (nSPS) is 14.7. The van der Waals surface area contributed by atoms with Gasteiger partial charge in [0.05, 0.1) is 17.7 Å². The summed E-state index contributed by atoms with van der Waals surface area (Å²) < 4.78 is 18.8. The van der Waals surface area contributed by atoms with E-state index in [-0.39, 0.29) is 18.5 Å². The minimum Gasteiger partial charge on any atom is -0.487 e. The van der Waals surface area contributed by atoms with E-state index in [1.54, 1.807) is 69.2 Å². The van der Waals surface area contributed by atoms with Crippen molar-refractivity contribution in [1.29, 1.82) is 0 Å². The number of hydrogen-bond donors (Lipinski definition) is 2. The maximum atomic E-state index is 13.1. The van der Waals surface area contributed by atoms with Crippen LogP contribution < -0.4 is 20.1 Å². The first kappa shape index (κ1) is 32.4. The van der Waals surface area contributed by atoms with Crippen LogP contribution in [0.5, 0.6) is 17.2 Å². The zero-order valence-electron chi connectivity index (χ0n) is 25.9. The number of ether oxygens (including phenoxy) is 3. The number of allylic oxidation sites excluding steroid dienone is 2. The van der Waals surface area contributed by atoms with Gasteiger partial charge in [-0.1, -0.05) is 12.7 Å². The van der Waals surface area contributed by atoms with Gasteiger partial charge in [0.25, 0.3) is 5.91 Å². The minimum absolute atomic E-state index is 0.270. The number of hydrogen-bond acceptors (Lipinski definition) is 8. The predicted molar refractivity (Wildman–Crippen MR) is 173 cm³/mol. The van der Waals surface area contributed by atoms with Crippen LogP contribution in [0.1, 0.15) is 26.7 Å². The van der Waals surface area contributed by atoms with Crippen LogP contribution in [0, 0.1) is 5.92 Å². The topological polar surface area (TPSA) is 119 Å². The molecule has 0 unspecified atom stereocenters. The maximum absolute atomic E-state index is 13.1. The van der Waals surface area contributed by atoms with Crippen molar-refractivity contribution in [1.82, 2.24) is 19.8 Å². The molecule has 0 saturated carbocycles. The fraction of sp³-hybridized carbons (Fsp3) is 0.394. The Kier molecular flexibility index (Phi) is 11.7. The lowest BCUT2D eigenvalue weighted by Crippen LogP contribution is -2.39. The number of aliphatic imine (C=N–C) groups is 1. The van der Waals surface area contributed by atoms with Crippen LogP contribution in [-0.2, 0) is 9.53 Å². The average molecular weight is 603 g/mol. The second kappa shape index (κ2) is 15.8. The molecule has 0 bridgehead atoms. The molecule has 1 saturated heterocycles. The van der Waals surface area contributed by atoms with Gasteiger partial charge in [-0.2, -0.15) is 0 Å². The zero-order valence-corrected chi connectivity index (χ0v) is 25.9. The van der Waals surface area contributed by atoms with Crippen LogP contribution in [-0.4, -0.2) is 85.7 Å². The summed E-state index contributed by atoms with van der Waals surface area (Å²) in [6, 6.07) is 8.96. The van der Waals surface area contributed by atoms with Gasteiger partial charge in [0.2, 0.25) is 0 Å². The fourth-order valence-electron chi connectivity index (χ4n) is 4.98. The van der Waals surface area contributed by atoms with Crippen molar-refractivity contribution in [3.05, 3.63) is 67.0 Å². The number of fused-ring (bicyclic) bond motifs is 1. The monoisotopic (exact) mass is 602 g/mol. The lowest BCUT2D eigenvalue weighted by atomic mass is 9.96. The van der Waals surface area contributed by atoms with Crippen molar-refractivity contribution in [3.63, 3.8) is 0 Å². The number of nitrogens with zero attached hydrogens (tertiary/aromatic N) is 4. The Morgan fingerprint density at radius 2 is 1.95 bits per heavy atom. The molecule has 3 heterocycles. The molecule has 11 heteroatoms. The summed E-state index contributed by atoms with van der Waals surface area (Å²) in [6.45, 7) is 11.7. The van der Waals surface area contributed by atoms with Crippen LogP contribution in [0.3, 0.4) is 0 Å². The van der Waals surface area contributed by atoms with Crippen molar-refractivity contribution < 1.29 is 23.8 Å². The summed E-state index contributed by atoms with van der Waals surface area (Å²) in [5.74, 6) is 1.77. The summed E-state index contributed by atoms with van der Waals surface area (Å²) in [7, 11) is 3.16. The summed E-state index contributed by atoms with van der Waals surface area (Å²) in [5.41, 5.74) is 1.05. The number of pyridine rings is 1. The highest BCUT2D eigenvalue weighted by molar-refractivity contribution is 6.17. The van der Waals surface area contributed by atoms with Gasteiger partial charge in [-0.05, 0) is 70.0 Å². The van der Waals surface area contributed by atoms with Crippen molar-refractivity contribution in [2.45, 2.75) is 32.7 Å². The number of anilines is 1. The van der Waals surface area contributed by atoms with Gasteiger partial charge in [-0.25, -0.2) is 9.78 Å². The average Bonchev–Trinajstić information content (AvgIpc) is 3.43. The van der Waals surface area contributed by atoms with E-state index in [1.165, 1.54) is 4.57 Å². The number of likely N-dealkylation sites (tertiary alicyclic amines) is 1. The maximum Gasteiger partial charge on any atom is 0.325 e. The molecule has 0 atom stereocenters. The molecular weight excluding hydrogens is 560 g/mol. The van der Waals surface area contributed by atoms with Crippen molar-refractivity contribution in [2.24, 2.45) is 10.9 Å². The molecule has 0 spiro atoms. The Labute approximate surface area is 258 Å². The van der Waals surface area contributed by atoms with Crippen molar-refractivity contribution in [2.75, 3.05) is 52.3 Å². The number of carbonyl (C=O) groups is 2. The highest BCUT2D eigenvalue weighted by atomic mass is 16.5. The van der Waals surface area contributed by atoms with Gasteiger partial charge in [0.15, 0.2) is 11.5 Å². The van der Waals surface area contributed by atoms with Crippen LogP contribution in [0.4, 0.5) is 10.6 Å². The van der Waals surface area contributed by atoms with Crippen LogP contribution in [0.2, 0.25) is 0 Å². The number of aromatic nitrogens is 2. The summed E-state index contributed by atoms with van der Waals surface area (Å²) in [4.78, 5) is 36.8. The summed E-state index contributed by atoms with van der Waals surface area (Å²) >= 11 is 0. The molecule has 0 aliphatic carbocycles. The highest BCUT2D eigenvalue weighted by Gasteiger charge is 2.20. The van der Waals surface area contributed by atoms with Crippen LogP contribution >= 0.6 is 0 Å². The number of amides is 2. The van der Waals surface area contributed by atoms with E-state index in [0.717, 1.165) is 31.3 Å². The molecule has 44 heavy (non-hydrogen) atoms. The minimum atomic E-state index is -0.353. The smallest absolute Gasteiger partial charge is 0.325 e. The SMILES string of the molecule is C=C/C=C(\C=NCC1CCN(C(C)C)CC1)C(=O)Nc1cc(Oc2cc3ccn(C(=O)NC)c3cc2OCCOC)ccn1. The van der Waals surface area contributed by atoms with Gasteiger partial charge in [-0.3, -0.25) is 14.4 Å². The second-order valence-corrected chi connectivity index (χ2v) is 10.8. The number of piperidine rings is 1. The molecule has 4 rings (SSSR count). The molecule has 1 aromatic carbocycles. The number of carbonyl (C=O) groups excluding carboxylic acids is 2. The number of methoxy groups -OCH3 is 1. The molecule has 2 aromatic heterocycles. The lowest BCUT2D eigenvalue weighted by molar-refractivity contribution is -0.112. The highest BCUT2D eigenvalue weighted by Crippen LogP contribution is 2.36. The van der Waals surface area contributed by atoms with E-state index in [0.29, 0.717) is 59.3 Å². The van der Waals surface area contributed by atoms with Crippen molar-refractivity contribution >= 4 is 34.9 Å². The standard InChI is InChI=1S/C33H42N6O5/c1-6-7-26(22-35-21-24-9-13-38(14-10-24)23(2)3)32(40)37-31-19-27(8-12-36-31)44-30-18-25-11-15-39(33(41)34-4)28(25)20-29(30)43-17-16-42-5/h6-8,11-12,15,18-20,22-24H,1,9-10,13-14,16-17,21H2,2-5H3,(H,34,41)(H,36,37,40)/b26-7+,35-22?. The van der Waals surface area contributed by atoms with E-state index in [4.69, 9.17) is 14.2 Å². The molecule has 1 aliphatic heterocycles. The third kappa shape index (κ3) is 8.55. The second-order valence-electron chi connectivity index (χ2n) is 10.8. The Morgan fingerprint density at radius 3 is 2.66 bits per heavy atom. The van der Waals surface area contributed by atoms with Gasteiger partial charge < -0.3 is 29.7 Å². The van der Waals surface area contributed by atoms with Gasteiger partial charge >= 0.3 is 6.03 Å². The molecule has 11 nitrogen and oxygen atoms in total. The lowest BCUT2D eigenvalue weighted by Gasteiger charge is -2.34. The third-order valence-electron chi connectivity index (χ3n) is 7.47. The molecule has 1 fully saturated rings. The predicted octanol–water partition coefficient (Wildman–Crippen LogP) is 5.28. The molecular formula is C33H42N6O5. The van der Waals surface area contributed by atoms with E-state index in [9.17, 15) is 9.59 Å². The van der Waals surface area contributed by atoms with E-state index >= 15 is 0 Å². The van der Waals surface area contributed by atoms with Gasteiger partial charge in [0.1, 0.15) is 18.2 Å². The fourth-order valence-corrected chi connectivity index (χ4v) is 4.98. The molecule has 1 aliphatic rings. The number of rotatable bonds is 13. The van der Waals surface area contributed by atoms with Gasteiger partial charge in [-0.15, -0.1) is 0 Å². The number of benzene rings is 1. The molecule has 0 radical (unpaired) electrons. The van der Waals surface area contributed by atoms with E-state index in [1.807, 2.05) is 6.07 Å². The first-order chi connectivity index (χ1) is 21.3. The number of nitrogens with one attached hydrogen (secondary N) is 2. The van der Waals surface area contributed by atoms with Crippen molar-refractivity contribution in [3.8, 4) is 17.2 Å². The summed E-state index contributed by atoms with van der Waals surface area (Å²) in [6.07, 6.45) is 10.2. The third-order valence-corrected chi connectivity index (χ3v) is 7.47. The van der Waals surface area contributed by atoms with Crippen LogP contribution in [0.15, 0.2) is 72.0 Å². The van der Waals surface area contributed by atoms with E-state index in [2.05, 4.69) is 45.9 Å². The van der Waals surface area contributed by atoms with Gasteiger partial charge in [0, 0.05) is 62.9 Å². The Hall–Kier alpha value is -4.48. The zero-order chi connectivity index (χ0) is 31.5. The molecule has 2 amide bonds. The Balaban J connectivity index is 1.45.